The molecule has 2 aliphatic rings. The summed E-state index contributed by atoms with van der Waals surface area (Å²) in [6, 6.07) is 14.4. The molecule has 1 aromatic heterocycles. The quantitative estimate of drug-likeness (QED) is 0.871. The Morgan fingerprint density at radius 3 is 2.50 bits per heavy atom. The lowest BCUT2D eigenvalue weighted by Gasteiger charge is -2.32. The first-order valence-electron chi connectivity index (χ1n) is 9.36. The number of nitrogens with zero attached hydrogens (tertiary/aromatic N) is 2. The highest BCUT2D eigenvalue weighted by molar-refractivity contribution is 6.30. The number of rotatable bonds is 5. The molecule has 1 aliphatic carbocycles. The summed E-state index contributed by atoms with van der Waals surface area (Å²) in [4.78, 5) is 19.2. The Hall–Kier alpha value is -2.07. The summed E-state index contributed by atoms with van der Waals surface area (Å²) in [5.74, 6) is 1.25. The lowest BCUT2D eigenvalue weighted by molar-refractivity contribution is -0.125. The Kier molecular flexibility index (Phi) is 4.86. The molecule has 1 saturated heterocycles. The smallest absolute Gasteiger partial charge is 0.223 e. The van der Waals surface area contributed by atoms with Gasteiger partial charge in [0.1, 0.15) is 5.82 Å². The number of carbonyl (C=O) groups excluding carboxylic acids is 1. The van der Waals surface area contributed by atoms with Crippen molar-refractivity contribution >= 4 is 23.3 Å². The zero-order valence-corrected chi connectivity index (χ0v) is 15.6. The van der Waals surface area contributed by atoms with Gasteiger partial charge in [-0.1, -0.05) is 41.9 Å². The first-order valence-corrected chi connectivity index (χ1v) is 9.74. The molecule has 0 radical (unpaired) electrons. The van der Waals surface area contributed by atoms with Crippen LogP contribution in [0.1, 0.15) is 31.2 Å². The van der Waals surface area contributed by atoms with E-state index in [1.54, 1.807) is 6.20 Å². The minimum atomic E-state index is 0.102. The van der Waals surface area contributed by atoms with Crippen molar-refractivity contribution in [3.8, 4) is 0 Å². The molecule has 4 nitrogen and oxygen atoms in total. The van der Waals surface area contributed by atoms with Gasteiger partial charge in [-0.05, 0) is 43.4 Å². The van der Waals surface area contributed by atoms with Crippen molar-refractivity contribution in [3.05, 3.63) is 59.2 Å². The molecule has 2 heterocycles. The second kappa shape index (κ2) is 7.28. The molecular weight excluding hydrogens is 346 g/mol. The fourth-order valence-corrected chi connectivity index (χ4v) is 3.95. The van der Waals surface area contributed by atoms with Gasteiger partial charge >= 0.3 is 0 Å². The maximum absolute atomic E-state index is 12.6. The molecule has 2 fully saturated rings. The van der Waals surface area contributed by atoms with Crippen molar-refractivity contribution in [2.75, 3.05) is 24.5 Å². The monoisotopic (exact) mass is 369 g/mol. The lowest BCUT2D eigenvalue weighted by Crippen LogP contribution is -2.42. The Bertz CT molecular complexity index is 751. The van der Waals surface area contributed by atoms with Crippen LogP contribution < -0.4 is 10.2 Å². The Balaban J connectivity index is 1.28. The summed E-state index contributed by atoms with van der Waals surface area (Å²) in [6.45, 7) is 2.47. The van der Waals surface area contributed by atoms with Crippen molar-refractivity contribution < 1.29 is 4.79 Å². The number of hydrogen-bond acceptors (Lipinski definition) is 3. The SMILES string of the molecule is O=C(NCC1(c2ccccc2)CC1)C1CCN(c2ccc(Cl)cn2)CC1. The van der Waals surface area contributed by atoms with Crippen LogP contribution in [0.25, 0.3) is 0 Å². The predicted octanol–water partition coefficient (Wildman–Crippen LogP) is 3.80. The van der Waals surface area contributed by atoms with Gasteiger partial charge in [-0.15, -0.1) is 0 Å². The Morgan fingerprint density at radius 1 is 1.15 bits per heavy atom. The summed E-state index contributed by atoms with van der Waals surface area (Å²) in [7, 11) is 0. The lowest BCUT2D eigenvalue weighted by atomic mass is 9.93. The third-order valence-corrected chi connectivity index (χ3v) is 5.97. The van der Waals surface area contributed by atoms with E-state index >= 15 is 0 Å². The summed E-state index contributed by atoms with van der Waals surface area (Å²) in [5.41, 5.74) is 1.52. The second-order valence-corrected chi connectivity index (χ2v) is 7.90. The van der Waals surface area contributed by atoms with Crippen LogP contribution in [0.5, 0.6) is 0 Å². The molecule has 0 atom stereocenters. The minimum absolute atomic E-state index is 0.102. The Morgan fingerprint density at radius 2 is 1.88 bits per heavy atom. The van der Waals surface area contributed by atoms with Crippen LogP contribution in [0.4, 0.5) is 5.82 Å². The van der Waals surface area contributed by atoms with E-state index in [-0.39, 0.29) is 17.2 Å². The molecule has 0 unspecified atom stereocenters. The molecule has 26 heavy (non-hydrogen) atoms. The topological polar surface area (TPSA) is 45.2 Å². The fourth-order valence-electron chi connectivity index (χ4n) is 3.84. The second-order valence-electron chi connectivity index (χ2n) is 7.46. The molecule has 136 valence electrons. The zero-order valence-electron chi connectivity index (χ0n) is 14.8. The number of anilines is 1. The van der Waals surface area contributed by atoms with Crippen LogP contribution in [0.15, 0.2) is 48.7 Å². The summed E-state index contributed by atoms with van der Waals surface area (Å²) >= 11 is 5.90. The molecule has 1 aliphatic heterocycles. The van der Waals surface area contributed by atoms with E-state index in [0.717, 1.165) is 51.1 Å². The van der Waals surface area contributed by atoms with Crippen LogP contribution in [-0.2, 0) is 10.2 Å². The first-order chi connectivity index (χ1) is 12.7. The number of amides is 1. The van der Waals surface area contributed by atoms with Crippen molar-refractivity contribution in [1.82, 2.24) is 10.3 Å². The van der Waals surface area contributed by atoms with Crippen molar-refractivity contribution in [2.45, 2.75) is 31.1 Å². The number of halogens is 1. The number of aromatic nitrogens is 1. The van der Waals surface area contributed by atoms with Crippen LogP contribution in [0, 0.1) is 5.92 Å². The van der Waals surface area contributed by atoms with Crippen LogP contribution >= 0.6 is 11.6 Å². The Labute approximate surface area is 159 Å². The number of nitrogens with one attached hydrogen (secondary N) is 1. The highest BCUT2D eigenvalue weighted by Gasteiger charge is 2.44. The summed E-state index contributed by atoms with van der Waals surface area (Å²) < 4.78 is 0. The van der Waals surface area contributed by atoms with Crippen molar-refractivity contribution in [1.29, 1.82) is 0 Å². The average Bonchev–Trinajstić information content (AvgIpc) is 3.49. The molecule has 5 heteroatoms. The largest absolute Gasteiger partial charge is 0.357 e. The number of pyridine rings is 1. The van der Waals surface area contributed by atoms with E-state index in [1.165, 1.54) is 5.56 Å². The van der Waals surface area contributed by atoms with Crippen molar-refractivity contribution in [2.24, 2.45) is 5.92 Å². The van der Waals surface area contributed by atoms with E-state index in [4.69, 9.17) is 11.6 Å². The molecule has 1 saturated carbocycles. The van der Waals surface area contributed by atoms with Crippen molar-refractivity contribution in [3.63, 3.8) is 0 Å². The number of hydrogen-bond donors (Lipinski definition) is 1. The average molecular weight is 370 g/mol. The van der Waals surface area contributed by atoms with Crippen LogP contribution in [-0.4, -0.2) is 30.5 Å². The molecule has 1 amide bonds. The standard InChI is InChI=1S/C21H24ClN3O/c22-18-6-7-19(23-14-18)25-12-8-16(9-13-25)20(26)24-15-21(10-11-21)17-4-2-1-3-5-17/h1-7,14,16H,8-13,15H2,(H,24,26). The van der Waals surface area contributed by atoms with Crippen LogP contribution in [0.2, 0.25) is 5.02 Å². The predicted molar refractivity (Wildman–Crippen MR) is 105 cm³/mol. The van der Waals surface area contributed by atoms with E-state index < -0.39 is 0 Å². The van der Waals surface area contributed by atoms with Gasteiger partial charge in [0.25, 0.3) is 0 Å². The van der Waals surface area contributed by atoms with Gasteiger partial charge in [0.2, 0.25) is 5.91 Å². The van der Waals surface area contributed by atoms with E-state index in [0.29, 0.717) is 5.02 Å². The molecule has 0 spiro atoms. The first kappa shape index (κ1) is 17.3. The molecule has 1 aromatic carbocycles. The minimum Gasteiger partial charge on any atom is -0.357 e. The zero-order chi connectivity index (χ0) is 18.0. The molecule has 4 rings (SSSR count). The van der Waals surface area contributed by atoms with Gasteiger partial charge in [0, 0.05) is 37.2 Å². The third kappa shape index (κ3) is 3.70. The molecule has 0 bridgehead atoms. The highest BCUT2D eigenvalue weighted by atomic mass is 35.5. The molecular formula is C21H24ClN3O. The molecule has 1 N–H and O–H groups in total. The maximum Gasteiger partial charge on any atom is 0.223 e. The third-order valence-electron chi connectivity index (χ3n) is 5.74. The van der Waals surface area contributed by atoms with Gasteiger partial charge in [0.15, 0.2) is 0 Å². The summed E-state index contributed by atoms with van der Waals surface area (Å²) in [6.07, 6.45) is 5.74. The van der Waals surface area contributed by atoms with Gasteiger partial charge in [-0.25, -0.2) is 4.98 Å². The number of piperidine rings is 1. The van der Waals surface area contributed by atoms with Gasteiger partial charge < -0.3 is 10.2 Å². The van der Waals surface area contributed by atoms with Gasteiger partial charge in [-0.2, -0.15) is 0 Å². The highest BCUT2D eigenvalue weighted by Crippen LogP contribution is 2.47. The maximum atomic E-state index is 12.6. The van der Waals surface area contributed by atoms with E-state index in [9.17, 15) is 4.79 Å². The van der Waals surface area contributed by atoms with E-state index in [1.807, 2.05) is 18.2 Å². The van der Waals surface area contributed by atoms with Crippen LogP contribution in [0.3, 0.4) is 0 Å². The fraction of sp³-hybridized carbons (Fsp3) is 0.429. The summed E-state index contributed by atoms with van der Waals surface area (Å²) in [5, 5.41) is 3.87. The normalized spacial score (nSPS) is 19.2. The number of benzene rings is 1. The van der Waals surface area contributed by atoms with Gasteiger partial charge in [-0.3, -0.25) is 4.79 Å². The number of carbonyl (C=O) groups is 1. The van der Waals surface area contributed by atoms with Gasteiger partial charge in [0.05, 0.1) is 5.02 Å². The molecule has 2 aromatic rings. The van der Waals surface area contributed by atoms with E-state index in [2.05, 4.69) is 39.5 Å².